The van der Waals surface area contributed by atoms with Crippen LogP contribution in [0.25, 0.3) is 0 Å². The molecule has 0 N–H and O–H groups in total. The van der Waals surface area contributed by atoms with Gasteiger partial charge in [0.15, 0.2) is 0 Å². The van der Waals surface area contributed by atoms with E-state index in [1.807, 2.05) is 6.92 Å². The lowest BCUT2D eigenvalue weighted by molar-refractivity contribution is 0.126. The quantitative estimate of drug-likeness (QED) is 0.371. The van der Waals surface area contributed by atoms with Crippen LogP contribution in [-0.2, 0) is 4.74 Å². The summed E-state index contributed by atoms with van der Waals surface area (Å²) in [4.78, 5) is 3.76. The molecule has 0 fully saturated rings. The van der Waals surface area contributed by atoms with Crippen molar-refractivity contribution >= 4 is 6.72 Å². The molecule has 0 spiro atoms. The highest BCUT2D eigenvalue weighted by atomic mass is 16.5. The van der Waals surface area contributed by atoms with Crippen LogP contribution in [0.2, 0.25) is 0 Å². The Morgan fingerprint density at radius 1 is 1.46 bits per heavy atom. The Morgan fingerprint density at radius 3 is 2.31 bits per heavy atom. The molecule has 0 amide bonds. The van der Waals surface area contributed by atoms with Gasteiger partial charge in [-0.3, -0.25) is 0 Å². The van der Waals surface area contributed by atoms with Crippen LogP contribution < -0.4 is 0 Å². The Hall–Kier alpha value is -1.05. The average Bonchev–Trinajstić information content (AvgIpc) is 1.95. The molecule has 0 aliphatic heterocycles. The molecule has 0 saturated heterocycles. The first-order valence-electron chi connectivity index (χ1n) is 4.32. The summed E-state index contributed by atoms with van der Waals surface area (Å²) in [7, 11) is 0. The van der Waals surface area contributed by atoms with Gasteiger partial charge < -0.3 is 4.74 Å². The minimum atomic E-state index is 0.138. The normalized spacial score (nSPS) is 12.5. The molecule has 0 aliphatic rings. The number of rotatable bonds is 4. The molecular formula is C11H19NO. The average molecular weight is 181 g/mol. The van der Waals surface area contributed by atoms with Gasteiger partial charge in [-0.1, -0.05) is 32.9 Å². The smallest absolute Gasteiger partial charge is 0.212 e. The molecule has 0 aromatic rings. The van der Waals surface area contributed by atoms with E-state index in [9.17, 15) is 0 Å². The third-order valence-corrected chi connectivity index (χ3v) is 1.18. The lowest BCUT2D eigenvalue weighted by atomic mass is 9.99. The largest absolute Gasteiger partial charge is 0.477 e. The molecule has 0 heterocycles. The van der Waals surface area contributed by atoms with Crippen molar-refractivity contribution in [3.63, 3.8) is 0 Å². The van der Waals surface area contributed by atoms with Gasteiger partial charge >= 0.3 is 0 Å². The second-order valence-corrected chi connectivity index (χ2v) is 4.34. The molecule has 0 atom stereocenters. The fraction of sp³-hybridized carbons (Fsp3) is 0.545. The fourth-order valence-electron chi connectivity index (χ4n) is 0.634. The molecule has 0 aliphatic carbocycles. The molecule has 2 nitrogen and oxygen atoms in total. The van der Waals surface area contributed by atoms with Crippen LogP contribution in [0.3, 0.4) is 0 Å². The molecule has 0 saturated carbocycles. The van der Waals surface area contributed by atoms with Crippen molar-refractivity contribution in [3.05, 3.63) is 24.1 Å². The Balaban J connectivity index is 4.16. The third kappa shape index (κ3) is 7.32. The van der Waals surface area contributed by atoms with Crippen LogP contribution in [0, 0.1) is 5.41 Å². The molecule has 13 heavy (non-hydrogen) atoms. The van der Waals surface area contributed by atoms with Crippen molar-refractivity contribution in [2.45, 2.75) is 27.7 Å². The highest BCUT2D eigenvalue weighted by Crippen LogP contribution is 2.16. The summed E-state index contributed by atoms with van der Waals surface area (Å²) in [5.41, 5.74) is 1.05. The van der Waals surface area contributed by atoms with E-state index in [0.29, 0.717) is 12.5 Å². The number of aliphatic imine (C=N–C) groups is 1. The van der Waals surface area contributed by atoms with Crippen LogP contribution in [0.5, 0.6) is 0 Å². The Labute approximate surface area is 81.0 Å². The number of allylic oxidation sites excluding steroid dienone is 2. The zero-order valence-electron chi connectivity index (χ0n) is 9.05. The topological polar surface area (TPSA) is 21.6 Å². The summed E-state index contributed by atoms with van der Waals surface area (Å²) < 4.78 is 5.44. The first kappa shape index (κ1) is 11.9. The Kier molecular flexibility index (Phi) is 4.46. The van der Waals surface area contributed by atoms with Crippen molar-refractivity contribution in [2.75, 3.05) is 6.61 Å². The summed E-state index contributed by atoms with van der Waals surface area (Å²) in [6, 6.07) is 0. The molecule has 74 valence electrons. The van der Waals surface area contributed by atoms with E-state index in [0.717, 1.165) is 5.57 Å². The van der Waals surface area contributed by atoms with Crippen molar-refractivity contribution in [2.24, 2.45) is 10.4 Å². The number of nitrogens with zero attached hydrogens (tertiary/aromatic N) is 1. The highest BCUT2D eigenvalue weighted by Gasteiger charge is 2.11. The van der Waals surface area contributed by atoms with Crippen molar-refractivity contribution in [3.8, 4) is 0 Å². The van der Waals surface area contributed by atoms with Crippen LogP contribution in [0.1, 0.15) is 27.7 Å². The van der Waals surface area contributed by atoms with Crippen LogP contribution in [-0.4, -0.2) is 13.3 Å². The monoisotopic (exact) mass is 181 g/mol. The molecular weight excluding hydrogens is 162 g/mol. The summed E-state index contributed by atoms with van der Waals surface area (Å²) in [6.45, 7) is 16.0. The van der Waals surface area contributed by atoms with E-state index >= 15 is 0 Å². The molecule has 0 bridgehead atoms. The summed E-state index contributed by atoms with van der Waals surface area (Å²) in [6.07, 6.45) is 1.78. The number of hydrogen-bond donors (Lipinski definition) is 0. The fourth-order valence-corrected chi connectivity index (χ4v) is 0.634. The molecule has 0 rings (SSSR count). The molecule has 0 unspecified atom stereocenters. The lowest BCUT2D eigenvalue weighted by Crippen LogP contribution is -2.13. The van der Waals surface area contributed by atoms with Gasteiger partial charge in [-0.15, -0.1) is 0 Å². The van der Waals surface area contributed by atoms with Gasteiger partial charge in [0.25, 0.3) is 0 Å². The molecule has 0 radical (unpaired) electrons. The SMILES string of the molecule is C=N/C(=C\C(=C)C)OCC(C)(C)C. The lowest BCUT2D eigenvalue weighted by Gasteiger charge is -2.18. The van der Waals surface area contributed by atoms with Gasteiger partial charge in [0.1, 0.15) is 0 Å². The van der Waals surface area contributed by atoms with Gasteiger partial charge in [-0.2, -0.15) is 0 Å². The van der Waals surface area contributed by atoms with Gasteiger partial charge in [-0.05, 0) is 19.1 Å². The van der Waals surface area contributed by atoms with Crippen LogP contribution in [0.15, 0.2) is 29.1 Å². The highest BCUT2D eigenvalue weighted by molar-refractivity contribution is 5.29. The number of hydrogen-bond acceptors (Lipinski definition) is 2. The van der Waals surface area contributed by atoms with Crippen molar-refractivity contribution in [1.82, 2.24) is 0 Å². The maximum Gasteiger partial charge on any atom is 0.212 e. The maximum atomic E-state index is 5.44. The first-order chi connectivity index (χ1) is 5.85. The van der Waals surface area contributed by atoms with Gasteiger partial charge in [0.05, 0.1) is 6.61 Å². The van der Waals surface area contributed by atoms with E-state index in [1.54, 1.807) is 6.08 Å². The molecule has 0 aromatic carbocycles. The van der Waals surface area contributed by atoms with E-state index < -0.39 is 0 Å². The zero-order valence-corrected chi connectivity index (χ0v) is 9.05. The summed E-state index contributed by atoms with van der Waals surface area (Å²) >= 11 is 0. The van der Waals surface area contributed by atoms with Crippen LogP contribution in [0.4, 0.5) is 0 Å². The van der Waals surface area contributed by atoms with Crippen molar-refractivity contribution < 1.29 is 4.74 Å². The van der Waals surface area contributed by atoms with Crippen LogP contribution >= 0.6 is 0 Å². The van der Waals surface area contributed by atoms with E-state index in [2.05, 4.69) is 39.1 Å². The molecule has 0 aromatic heterocycles. The predicted octanol–water partition coefficient (Wildman–Crippen LogP) is 3.17. The predicted molar refractivity (Wildman–Crippen MR) is 57.9 cm³/mol. The number of ether oxygens (including phenoxy) is 1. The van der Waals surface area contributed by atoms with Gasteiger partial charge in [0.2, 0.25) is 5.88 Å². The Bertz CT molecular complexity index is 221. The minimum absolute atomic E-state index is 0.138. The van der Waals surface area contributed by atoms with Gasteiger partial charge in [-0.25, -0.2) is 4.99 Å². The second kappa shape index (κ2) is 4.85. The van der Waals surface area contributed by atoms with E-state index in [4.69, 9.17) is 4.74 Å². The van der Waals surface area contributed by atoms with E-state index in [-0.39, 0.29) is 5.41 Å². The Morgan fingerprint density at radius 2 is 2.00 bits per heavy atom. The minimum Gasteiger partial charge on any atom is -0.477 e. The van der Waals surface area contributed by atoms with Gasteiger partial charge in [0, 0.05) is 6.08 Å². The second-order valence-electron chi connectivity index (χ2n) is 4.34. The zero-order chi connectivity index (χ0) is 10.5. The third-order valence-electron chi connectivity index (χ3n) is 1.18. The molecule has 2 heteroatoms. The maximum absolute atomic E-state index is 5.44. The first-order valence-corrected chi connectivity index (χ1v) is 4.32. The standard InChI is InChI=1S/C11H19NO/c1-9(2)7-10(12-6)13-8-11(3,4)5/h7H,1,6,8H2,2-5H3/b10-7+. The summed E-state index contributed by atoms with van der Waals surface area (Å²) in [5.74, 6) is 0.544. The summed E-state index contributed by atoms with van der Waals surface area (Å²) in [5, 5.41) is 0. The van der Waals surface area contributed by atoms with Crippen molar-refractivity contribution in [1.29, 1.82) is 0 Å². The van der Waals surface area contributed by atoms with E-state index in [1.165, 1.54) is 0 Å².